The number of benzene rings is 1. The number of nitriles is 1. The molecule has 0 spiro atoms. The first-order valence-electron chi connectivity index (χ1n) is 7.67. The molecule has 0 aliphatic carbocycles. The van der Waals surface area contributed by atoms with Crippen molar-refractivity contribution in [2.45, 2.75) is 18.4 Å². The fourth-order valence-corrected chi connectivity index (χ4v) is 2.63. The molecule has 1 saturated heterocycles. The highest BCUT2D eigenvalue weighted by molar-refractivity contribution is 5.93. The molecule has 0 unspecified atom stereocenters. The van der Waals surface area contributed by atoms with Crippen LogP contribution in [-0.4, -0.2) is 34.6 Å². The van der Waals surface area contributed by atoms with Crippen LogP contribution in [0.5, 0.6) is 0 Å². The first-order chi connectivity index (χ1) is 11.6. The Kier molecular flexibility index (Phi) is 4.37. The highest BCUT2D eigenvalue weighted by atomic mass is 16.3. The summed E-state index contributed by atoms with van der Waals surface area (Å²) in [5, 5.41) is 19.5. The summed E-state index contributed by atoms with van der Waals surface area (Å²) >= 11 is 0. The van der Waals surface area contributed by atoms with Gasteiger partial charge in [0.25, 0.3) is 5.91 Å². The summed E-state index contributed by atoms with van der Waals surface area (Å²) in [4.78, 5) is 13.9. The van der Waals surface area contributed by atoms with Crippen LogP contribution >= 0.6 is 0 Å². The Morgan fingerprint density at radius 1 is 1.25 bits per heavy atom. The number of rotatable bonds is 1. The van der Waals surface area contributed by atoms with Gasteiger partial charge in [0, 0.05) is 31.5 Å². The van der Waals surface area contributed by atoms with Crippen molar-refractivity contribution < 1.29 is 14.3 Å². The molecule has 2 heterocycles. The third kappa shape index (κ3) is 3.48. The van der Waals surface area contributed by atoms with Gasteiger partial charge in [-0.2, -0.15) is 5.26 Å². The van der Waals surface area contributed by atoms with Gasteiger partial charge in [-0.05, 0) is 24.3 Å². The third-order valence-corrected chi connectivity index (χ3v) is 4.08. The zero-order chi connectivity index (χ0) is 17.0. The monoisotopic (exact) mass is 320 g/mol. The SMILES string of the molecule is N#Cc1cccc(C#CC2(O)CCN(C(=O)c3ccoc3)CC2)c1. The number of hydrogen-bond donors (Lipinski definition) is 1. The van der Waals surface area contributed by atoms with Crippen LogP contribution in [0, 0.1) is 23.2 Å². The summed E-state index contributed by atoms with van der Waals surface area (Å²) in [5.41, 5.74) is 0.629. The molecular formula is C19H16N2O3. The van der Waals surface area contributed by atoms with E-state index in [4.69, 9.17) is 9.68 Å². The molecule has 3 rings (SSSR count). The van der Waals surface area contributed by atoms with Gasteiger partial charge in [0.1, 0.15) is 11.9 Å². The lowest BCUT2D eigenvalue weighted by Gasteiger charge is -2.34. The van der Waals surface area contributed by atoms with Crippen LogP contribution in [0.2, 0.25) is 0 Å². The van der Waals surface area contributed by atoms with Crippen molar-refractivity contribution in [3.8, 4) is 17.9 Å². The molecular weight excluding hydrogens is 304 g/mol. The minimum atomic E-state index is -1.12. The second-order valence-corrected chi connectivity index (χ2v) is 5.78. The molecule has 0 radical (unpaired) electrons. The molecule has 1 aliphatic heterocycles. The van der Waals surface area contributed by atoms with E-state index >= 15 is 0 Å². The number of carbonyl (C=O) groups is 1. The Morgan fingerprint density at radius 2 is 2.00 bits per heavy atom. The van der Waals surface area contributed by atoms with Crippen molar-refractivity contribution in [1.29, 1.82) is 5.26 Å². The van der Waals surface area contributed by atoms with Crippen molar-refractivity contribution in [2.24, 2.45) is 0 Å². The van der Waals surface area contributed by atoms with Crippen LogP contribution in [0.4, 0.5) is 0 Å². The van der Waals surface area contributed by atoms with E-state index in [-0.39, 0.29) is 5.91 Å². The Morgan fingerprint density at radius 3 is 2.67 bits per heavy atom. The molecule has 120 valence electrons. The first kappa shape index (κ1) is 15.9. The van der Waals surface area contributed by atoms with Gasteiger partial charge in [0.15, 0.2) is 0 Å². The lowest BCUT2D eigenvalue weighted by atomic mass is 9.91. The van der Waals surface area contributed by atoms with Crippen molar-refractivity contribution >= 4 is 5.91 Å². The number of aliphatic hydroxyl groups is 1. The van der Waals surface area contributed by atoms with Gasteiger partial charge < -0.3 is 14.4 Å². The Balaban J connectivity index is 1.66. The van der Waals surface area contributed by atoms with Crippen molar-refractivity contribution in [3.05, 3.63) is 59.5 Å². The summed E-state index contributed by atoms with van der Waals surface area (Å²) < 4.78 is 4.93. The minimum Gasteiger partial charge on any atom is -0.472 e. The van der Waals surface area contributed by atoms with E-state index < -0.39 is 5.60 Å². The molecule has 1 aromatic heterocycles. The molecule has 0 saturated carbocycles. The summed E-state index contributed by atoms with van der Waals surface area (Å²) in [6.45, 7) is 0.876. The van der Waals surface area contributed by atoms with Gasteiger partial charge >= 0.3 is 0 Å². The van der Waals surface area contributed by atoms with Crippen LogP contribution in [0.1, 0.15) is 34.3 Å². The molecule has 0 atom stereocenters. The molecule has 1 N–H and O–H groups in total. The van der Waals surface area contributed by atoms with Gasteiger partial charge in [0.05, 0.1) is 23.5 Å². The normalized spacial score (nSPS) is 15.9. The number of piperidine rings is 1. The quantitative estimate of drug-likeness (QED) is 0.817. The molecule has 1 fully saturated rings. The topological polar surface area (TPSA) is 77.5 Å². The third-order valence-electron chi connectivity index (χ3n) is 4.08. The molecule has 24 heavy (non-hydrogen) atoms. The molecule has 0 bridgehead atoms. The molecule has 5 heteroatoms. The van der Waals surface area contributed by atoms with Gasteiger partial charge in [-0.25, -0.2) is 0 Å². The second kappa shape index (κ2) is 6.62. The minimum absolute atomic E-state index is 0.0968. The smallest absolute Gasteiger partial charge is 0.257 e. The predicted octanol–water partition coefficient (Wildman–Crippen LogP) is 2.17. The van der Waals surface area contributed by atoms with Crippen molar-refractivity contribution in [2.75, 3.05) is 13.1 Å². The van der Waals surface area contributed by atoms with Crippen LogP contribution in [0.3, 0.4) is 0 Å². The van der Waals surface area contributed by atoms with Gasteiger partial charge in [-0.15, -0.1) is 0 Å². The lowest BCUT2D eigenvalue weighted by molar-refractivity contribution is 0.0248. The standard InChI is InChI=1S/C19H16N2O3/c20-13-16-3-1-2-15(12-16)4-6-19(23)7-9-21(10-8-19)18(22)17-5-11-24-14-17/h1-3,5,11-12,14,23H,7-10H2. The highest BCUT2D eigenvalue weighted by Gasteiger charge is 2.32. The maximum absolute atomic E-state index is 12.2. The average Bonchev–Trinajstić information content (AvgIpc) is 3.15. The van der Waals surface area contributed by atoms with Gasteiger partial charge in [0.2, 0.25) is 0 Å². The number of carbonyl (C=O) groups excluding carboxylic acids is 1. The molecule has 1 amide bonds. The van der Waals surface area contributed by atoms with E-state index in [9.17, 15) is 9.90 Å². The van der Waals surface area contributed by atoms with E-state index in [1.54, 1.807) is 35.2 Å². The number of nitrogens with zero attached hydrogens (tertiary/aromatic N) is 2. The van der Waals surface area contributed by atoms with Crippen LogP contribution < -0.4 is 0 Å². The van der Waals surface area contributed by atoms with E-state index in [2.05, 4.69) is 17.9 Å². The lowest BCUT2D eigenvalue weighted by Crippen LogP contribution is -2.46. The Labute approximate surface area is 140 Å². The zero-order valence-corrected chi connectivity index (χ0v) is 13.0. The molecule has 5 nitrogen and oxygen atoms in total. The predicted molar refractivity (Wildman–Crippen MR) is 86.8 cm³/mol. The molecule has 1 aromatic carbocycles. The Hall–Kier alpha value is -3.02. The molecule has 1 aliphatic rings. The van der Waals surface area contributed by atoms with E-state index in [0.717, 1.165) is 0 Å². The van der Waals surface area contributed by atoms with Gasteiger partial charge in [-0.1, -0.05) is 17.9 Å². The summed E-state index contributed by atoms with van der Waals surface area (Å²) in [6.07, 6.45) is 3.67. The highest BCUT2D eigenvalue weighted by Crippen LogP contribution is 2.23. The number of likely N-dealkylation sites (tertiary alicyclic amines) is 1. The number of furan rings is 1. The fourth-order valence-electron chi connectivity index (χ4n) is 2.63. The van der Waals surface area contributed by atoms with Crippen LogP contribution in [0.25, 0.3) is 0 Å². The Bertz CT molecular complexity index is 829. The van der Waals surface area contributed by atoms with Crippen LogP contribution in [-0.2, 0) is 0 Å². The zero-order valence-electron chi connectivity index (χ0n) is 13.0. The first-order valence-corrected chi connectivity index (χ1v) is 7.67. The average molecular weight is 320 g/mol. The summed E-state index contributed by atoms with van der Waals surface area (Å²) in [5.74, 6) is 5.73. The van der Waals surface area contributed by atoms with Crippen molar-refractivity contribution in [1.82, 2.24) is 4.90 Å². The maximum Gasteiger partial charge on any atom is 0.257 e. The second-order valence-electron chi connectivity index (χ2n) is 5.78. The summed E-state index contributed by atoms with van der Waals surface area (Å²) in [6, 6.07) is 10.7. The van der Waals surface area contributed by atoms with Crippen molar-refractivity contribution in [3.63, 3.8) is 0 Å². The van der Waals surface area contributed by atoms with E-state index in [1.165, 1.54) is 12.5 Å². The largest absolute Gasteiger partial charge is 0.472 e. The van der Waals surface area contributed by atoms with E-state index in [1.807, 2.05) is 0 Å². The van der Waals surface area contributed by atoms with Crippen LogP contribution in [0.15, 0.2) is 47.3 Å². The summed E-state index contributed by atoms with van der Waals surface area (Å²) in [7, 11) is 0. The maximum atomic E-state index is 12.2. The fraction of sp³-hybridized carbons (Fsp3) is 0.263. The van der Waals surface area contributed by atoms with Gasteiger partial charge in [-0.3, -0.25) is 4.79 Å². The number of amides is 1. The molecule has 2 aromatic rings. The van der Waals surface area contributed by atoms with E-state index in [0.29, 0.717) is 42.6 Å². The number of hydrogen-bond acceptors (Lipinski definition) is 4.